The molecule has 10 N–H and O–H groups in total. The van der Waals surface area contributed by atoms with Gasteiger partial charge in [-0.05, 0) is 80.3 Å². The molecule has 0 radical (unpaired) electrons. The van der Waals surface area contributed by atoms with Gasteiger partial charge in [-0.15, -0.1) is 0 Å². The second-order valence-corrected chi connectivity index (χ2v) is 20.0. The Kier molecular flexibility index (Phi) is 24.8. The van der Waals surface area contributed by atoms with Crippen LogP contribution in [0.5, 0.6) is 0 Å². The van der Waals surface area contributed by atoms with Crippen molar-refractivity contribution in [3.63, 3.8) is 0 Å². The number of halogens is 5. The van der Waals surface area contributed by atoms with Crippen LogP contribution in [0.3, 0.4) is 0 Å². The molecule has 4 rings (SSSR count). The standard InChI is InChI=1S/C51H67F2N9O11.C2HF3O2/c1-30(2)45(58-40(64)28-61-41(65)17-18-42(61)66)48(70)57-31(3)49(71)62(38(50(72)73)14-10-11-21-54)43(67)19-22-56-47(69)37(55)20-23-60(44(68)29-63)46(51(4,5)6)39-24-33(35-25-34(52)15-16-36(35)53)27-59(39)26-32-12-8-7-9-13-32;3-2(4,5)1(6)7/h7-9,12-13,15-18,24-25,27,30-31,37-38,45-46,63H,10-11,14,19-23,26,28-29,54-55H2,1-6H3,(H,56,69)(H,57,70)(H,58,64)(H,72,73);(H,6,7)/t31-,37-,38-,45-,46-;/m0./s1. The average Bonchev–Trinajstić information content (AvgIpc) is 3.96. The van der Waals surface area contributed by atoms with Crippen LogP contribution in [0.15, 0.2) is 72.9 Å². The van der Waals surface area contributed by atoms with Gasteiger partial charge in [0.2, 0.25) is 29.5 Å². The number of hydrogen-bond acceptors (Lipinski definition) is 13. The monoisotopic (exact) mass is 1130 g/mol. The Balaban J connectivity index is 0.00000224. The lowest BCUT2D eigenvalue weighted by Gasteiger charge is -2.41. The van der Waals surface area contributed by atoms with Crippen LogP contribution in [0.4, 0.5) is 22.0 Å². The zero-order valence-corrected chi connectivity index (χ0v) is 44.9. The topological polar surface area (TPSA) is 334 Å². The van der Waals surface area contributed by atoms with E-state index in [0.717, 1.165) is 35.9 Å². The largest absolute Gasteiger partial charge is 0.490 e. The van der Waals surface area contributed by atoms with E-state index < -0.39 is 145 Å². The summed E-state index contributed by atoms with van der Waals surface area (Å²) in [5.41, 5.74) is 12.9. The van der Waals surface area contributed by atoms with Gasteiger partial charge >= 0.3 is 18.1 Å². The normalized spacial score (nSPS) is 14.3. The van der Waals surface area contributed by atoms with Crippen LogP contribution < -0.4 is 27.4 Å². The first kappa shape index (κ1) is 66.4. The zero-order valence-electron chi connectivity index (χ0n) is 44.9. The van der Waals surface area contributed by atoms with Crippen LogP contribution in [-0.2, 0) is 54.5 Å². The number of nitrogens with zero attached hydrogens (tertiary/aromatic N) is 4. The highest BCUT2D eigenvalue weighted by atomic mass is 19.4. The van der Waals surface area contributed by atoms with Gasteiger partial charge in [-0.25, -0.2) is 18.4 Å². The Morgan fingerprint density at radius 1 is 0.812 bits per heavy atom. The molecule has 0 saturated carbocycles. The molecule has 0 fully saturated rings. The number of alkyl halides is 3. The van der Waals surface area contributed by atoms with Crippen molar-refractivity contribution in [1.82, 2.24) is 35.2 Å². The third kappa shape index (κ3) is 19.2. The first-order valence-electron chi connectivity index (χ1n) is 25.2. The Bertz CT molecular complexity index is 2730. The minimum atomic E-state index is -5.08. The number of carbonyl (C=O) groups excluding carboxylic acids is 8. The van der Waals surface area contributed by atoms with Crippen molar-refractivity contribution in [1.29, 1.82) is 0 Å². The van der Waals surface area contributed by atoms with Crippen LogP contribution in [0.2, 0.25) is 0 Å². The lowest BCUT2D eigenvalue weighted by Crippen LogP contribution is -2.59. The number of aliphatic carboxylic acids is 2. The number of aromatic nitrogens is 1. The van der Waals surface area contributed by atoms with Crippen molar-refractivity contribution in [3.8, 4) is 11.1 Å². The summed E-state index contributed by atoms with van der Waals surface area (Å²) in [6.07, 6.45) is -1.87. The van der Waals surface area contributed by atoms with Gasteiger partial charge in [-0.3, -0.25) is 48.2 Å². The quantitative estimate of drug-likeness (QED) is 0.0326. The molecule has 22 nitrogen and oxygen atoms in total. The maximum atomic E-state index is 15.2. The van der Waals surface area contributed by atoms with Crippen LogP contribution in [0.1, 0.15) is 90.9 Å². The third-order valence-corrected chi connectivity index (χ3v) is 12.4. The number of aliphatic hydroxyl groups excluding tert-OH is 1. The molecule has 0 bridgehead atoms. The van der Waals surface area contributed by atoms with E-state index in [1.807, 2.05) is 55.7 Å². The van der Waals surface area contributed by atoms with Gasteiger partial charge in [-0.2, -0.15) is 13.2 Å². The number of rotatable bonds is 26. The minimum absolute atomic E-state index is 0.0115. The number of imide groups is 2. The van der Waals surface area contributed by atoms with Crippen LogP contribution in [0, 0.1) is 23.0 Å². The highest BCUT2D eigenvalue weighted by molar-refractivity contribution is 6.14. The van der Waals surface area contributed by atoms with Crippen LogP contribution in [0.25, 0.3) is 11.1 Å². The van der Waals surface area contributed by atoms with E-state index in [-0.39, 0.29) is 44.5 Å². The summed E-state index contributed by atoms with van der Waals surface area (Å²) in [5.74, 6) is -13.0. The maximum absolute atomic E-state index is 15.2. The molecule has 0 unspecified atom stereocenters. The van der Waals surface area contributed by atoms with E-state index in [2.05, 4.69) is 16.0 Å². The number of nitrogens with one attached hydrogen (secondary N) is 3. The summed E-state index contributed by atoms with van der Waals surface area (Å²) < 4.78 is 63.2. The molecule has 2 heterocycles. The predicted octanol–water partition coefficient (Wildman–Crippen LogP) is 2.75. The predicted molar refractivity (Wildman–Crippen MR) is 277 cm³/mol. The minimum Gasteiger partial charge on any atom is -0.480 e. The number of unbranched alkanes of at least 4 members (excludes halogenated alkanes) is 1. The Morgan fingerprint density at radius 3 is 1.96 bits per heavy atom. The summed E-state index contributed by atoms with van der Waals surface area (Å²) in [5, 5.41) is 35.0. The van der Waals surface area contributed by atoms with E-state index in [0.29, 0.717) is 27.5 Å². The van der Waals surface area contributed by atoms with Gasteiger partial charge in [0.1, 0.15) is 42.9 Å². The number of carboxylic acid groups (broad SMARTS) is 2. The summed E-state index contributed by atoms with van der Waals surface area (Å²) >= 11 is 0. The Hall–Kier alpha value is -7.91. The van der Waals surface area contributed by atoms with Gasteiger partial charge in [0.25, 0.3) is 17.7 Å². The molecule has 3 aromatic rings. The number of benzene rings is 2. The molecule has 2 aromatic carbocycles. The molecule has 1 aliphatic rings. The van der Waals surface area contributed by atoms with Crippen molar-refractivity contribution in [2.45, 2.75) is 117 Å². The summed E-state index contributed by atoms with van der Waals surface area (Å²) in [6.45, 7) is 8.17. The number of aliphatic hydroxyl groups is 1. The number of hydrogen-bond donors (Lipinski definition) is 8. The molecule has 0 aliphatic carbocycles. The van der Waals surface area contributed by atoms with E-state index in [1.165, 1.54) is 11.8 Å². The van der Waals surface area contributed by atoms with E-state index in [4.69, 9.17) is 21.4 Å². The number of nitrogens with two attached hydrogens (primary N) is 2. The van der Waals surface area contributed by atoms with E-state index in [9.17, 15) is 70.9 Å². The second-order valence-electron chi connectivity index (χ2n) is 20.0. The fourth-order valence-corrected chi connectivity index (χ4v) is 8.41. The molecule has 27 heteroatoms. The van der Waals surface area contributed by atoms with Gasteiger partial charge in [0, 0.05) is 61.2 Å². The van der Waals surface area contributed by atoms with Gasteiger partial charge < -0.3 is 52.2 Å². The molecular formula is C53H68F5N9O13. The van der Waals surface area contributed by atoms with Crippen LogP contribution >= 0.6 is 0 Å². The zero-order chi connectivity index (χ0) is 60.4. The fourth-order valence-electron chi connectivity index (χ4n) is 8.41. The Morgan fingerprint density at radius 2 is 1.43 bits per heavy atom. The third-order valence-electron chi connectivity index (χ3n) is 12.4. The molecule has 5 atom stereocenters. The lowest BCUT2D eigenvalue weighted by molar-refractivity contribution is -0.192. The highest BCUT2D eigenvalue weighted by Gasteiger charge is 2.41. The van der Waals surface area contributed by atoms with E-state index >= 15 is 4.39 Å². The molecule has 1 aromatic heterocycles. The summed E-state index contributed by atoms with van der Waals surface area (Å²) in [6, 6.07) is 7.36. The molecule has 1 aliphatic heterocycles. The molecule has 80 heavy (non-hydrogen) atoms. The van der Waals surface area contributed by atoms with Crippen LogP contribution in [-0.4, -0.2) is 157 Å². The van der Waals surface area contributed by atoms with Gasteiger partial charge in [0.05, 0.1) is 12.1 Å². The smallest absolute Gasteiger partial charge is 0.480 e. The molecule has 438 valence electrons. The highest BCUT2D eigenvalue weighted by Crippen LogP contribution is 2.41. The Labute approximate surface area is 457 Å². The van der Waals surface area contributed by atoms with Crippen molar-refractivity contribution in [2.24, 2.45) is 22.8 Å². The number of amides is 8. The van der Waals surface area contributed by atoms with E-state index in [1.54, 1.807) is 26.1 Å². The fraction of sp³-hybridized carbons (Fsp3) is 0.472. The van der Waals surface area contributed by atoms with Crippen molar-refractivity contribution in [3.05, 3.63) is 95.8 Å². The first-order valence-corrected chi connectivity index (χ1v) is 25.2. The van der Waals surface area contributed by atoms with Crippen molar-refractivity contribution >= 4 is 59.2 Å². The number of carbonyl (C=O) groups is 10. The van der Waals surface area contributed by atoms with Gasteiger partial charge in [-0.1, -0.05) is 65.0 Å². The average molecular weight is 1130 g/mol. The van der Waals surface area contributed by atoms with Crippen molar-refractivity contribution in [2.75, 3.05) is 32.8 Å². The summed E-state index contributed by atoms with van der Waals surface area (Å²) in [4.78, 5) is 129. The molecular weight excluding hydrogens is 1070 g/mol. The SMILES string of the molecule is CC(C)[C@H](NC(=O)CN1C(=O)C=CC1=O)C(=O)N[C@@H](C)C(=O)N(C(=O)CCNC(=O)[C@@H](N)CCN(C(=O)CO)[C@@H](c1cc(-c2cc(F)ccc2F)cn1Cc1ccccc1)C(C)(C)C)[C@@H](CCCCN)C(=O)O.O=C(O)C(F)(F)F. The molecule has 0 spiro atoms. The summed E-state index contributed by atoms with van der Waals surface area (Å²) in [7, 11) is 0. The first-order chi connectivity index (χ1) is 37.3. The van der Waals surface area contributed by atoms with Crippen molar-refractivity contribution < 1.29 is 85.2 Å². The lowest BCUT2D eigenvalue weighted by atomic mass is 9.82. The number of carboxylic acids is 2. The maximum Gasteiger partial charge on any atom is 0.490 e. The second kappa shape index (κ2) is 29.9. The molecule has 0 saturated heterocycles. The molecule has 8 amide bonds. The van der Waals surface area contributed by atoms with Gasteiger partial charge in [0.15, 0.2) is 0 Å².